The lowest BCUT2D eigenvalue weighted by atomic mass is 9.35. The maximum Gasteiger partial charge on any atom is 0.260 e. The molecule has 4 nitrogen and oxygen atoms in total. The summed E-state index contributed by atoms with van der Waals surface area (Å²) in [6.45, 7) is 0.0512. The second-order valence-corrected chi connectivity index (χ2v) is 9.26. The van der Waals surface area contributed by atoms with Crippen molar-refractivity contribution in [1.29, 1.82) is 5.26 Å². The number of nitrogens with zero attached hydrogens (tertiary/aromatic N) is 2. The molecule has 5 aromatic carbocycles. The van der Waals surface area contributed by atoms with E-state index in [4.69, 9.17) is 9.47 Å². The molecule has 8 rings (SSSR count). The van der Waals surface area contributed by atoms with Gasteiger partial charge in [-0.3, -0.25) is 0 Å². The van der Waals surface area contributed by atoms with Crippen LogP contribution in [0.1, 0.15) is 5.56 Å². The smallest absolute Gasteiger partial charge is 0.260 e. The molecule has 0 aliphatic carbocycles. The summed E-state index contributed by atoms with van der Waals surface area (Å²) >= 11 is 0. The number of ether oxygens (including phenoxy) is 2. The fourth-order valence-corrected chi connectivity index (χ4v) is 5.83. The van der Waals surface area contributed by atoms with E-state index in [9.17, 15) is 5.26 Å². The fraction of sp³-hybridized carbons (Fsp3) is 0. The van der Waals surface area contributed by atoms with E-state index >= 15 is 0 Å². The molecule has 3 heterocycles. The third-order valence-corrected chi connectivity index (χ3v) is 7.34. The molecule has 0 N–H and O–H groups in total. The molecule has 0 atom stereocenters. The molecule has 0 radical (unpaired) electrons. The Balaban J connectivity index is 1.44. The van der Waals surface area contributed by atoms with Crippen LogP contribution in [0.5, 0.6) is 23.0 Å². The van der Waals surface area contributed by atoms with Crippen molar-refractivity contribution in [2.75, 3.05) is 0 Å². The standard InChI is InChI=1S/C31H17BN2O2/c33-18-19-13-14-26-22(15-19)21-7-1-4-10-25(21)34(26)20-16-29-31-30(17-20)36-28-12-6-3-9-24(28)32(31)23-8-2-5-11-27(23)35-29/h1-17H. The quantitative estimate of drug-likeness (QED) is 0.309. The summed E-state index contributed by atoms with van der Waals surface area (Å²) in [5, 5.41) is 11.6. The number of fused-ring (bicyclic) bond motifs is 7. The van der Waals surface area contributed by atoms with Crippen LogP contribution in [0.3, 0.4) is 0 Å². The summed E-state index contributed by atoms with van der Waals surface area (Å²) in [6.07, 6.45) is 0. The molecule has 5 heteroatoms. The van der Waals surface area contributed by atoms with Crippen molar-refractivity contribution < 1.29 is 9.47 Å². The van der Waals surface area contributed by atoms with Crippen molar-refractivity contribution in [2.24, 2.45) is 0 Å². The second-order valence-electron chi connectivity index (χ2n) is 9.26. The third kappa shape index (κ3) is 2.53. The highest BCUT2D eigenvalue weighted by Crippen LogP contribution is 2.39. The van der Waals surface area contributed by atoms with E-state index in [1.54, 1.807) is 0 Å². The number of hydrogen-bond donors (Lipinski definition) is 0. The Hall–Kier alpha value is -4.95. The molecule has 2 aliphatic rings. The summed E-state index contributed by atoms with van der Waals surface area (Å²) in [4.78, 5) is 0. The van der Waals surface area contributed by atoms with Gasteiger partial charge in [-0.2, -0.15) is 5.26 Å². The summed E-state index contributed by atoms with van der Waals surface area (Å²) < 4.78 is 15.2. The lowest BCUT2D eigenvalue weighted by molar-refractivity contribution is 0.464. The molecule has 0 fully saturated rings. The molecule has 0 bridgehead atoms. The minimum absolute atomic E-state index is 0.0512. The molecule has 0 unspecified atom stereocenters. The van der Waals surface area contributed by atoms with Gasteiger partial charge in [0.2, 0.25) is 0 Å². The predicted molar refractivity (Wildman–Crippen MR) is 143 cm³/mol. The number of hydrogen-bond acceptors (Lipinski definition) is 3. The first-order chi connectivity index (χ1) is 17.8. The molecule has 6 aromatic rings. The average molecular weight is 460 g/mol. The normalized spacial score (nSPS) is 12.8. The van der Waals surface area contributed by atoms with Gasteiger partial charge < -0.3 is 14.0 Å². The SMILES string of the molecule is N#Cc1ccc2c(c1)c1ccccc1n2-c1cc2c3c(c1)Oc1ccccc1B3c1ccccc1O2. The highest BCUT2D eigenvalue weighted by molar-refractivity contribution is 6.98. The summed E-state index contributed by atoms with van der Waals surface area (Å²) in [5.74, 6) is 3.35. The molecule has 0 saturated carbocycles. The Bertz CT molecular complexity index is 1860. The van der Waals surface area contributed by atoms with Crippen LogP contribution in [0.25, 0.3) is 27.5 Å². The van der Waals surface area contributed by atoms with Gasteiger partial charge >= 0.3 is 0 Å². The summed E-state index contributed by atoms with van der Waals surface area (Å²) in [6, 6.07) is 37.2. The van der Waals surface area contributed by atoms with Crippen molar-refractivity contribution in [2.45, 2.75) is 0 Å². The fourth-order valence-electron chi connectivity index (χ4n) is 5.83. The highest BCUT2D eigenvalue weighted by Gasteiger charge is 2.40. The van der Waals surface area contributed by atoms with E-state index in [-0.39, 0.29) is 6.71 Å². The van der Waals surface area contributed by atoms with Crippen molar-refractivity contribution in [3.63, 3.8) is 0 Å². The largest absolute Gasteiger partial charge is 0.458 e. The number of rotatable bonds is 1. The van der Waals surface area contributed by atoms with Gasteiger partial charge in [-0.05, 0) is 47.3 Å². The zero-order valence-electron chi connectivity index (χ0n) is 19.1. The molecule has 166 valence electrons. The second kappa shape index (κ2) is 7.03. The minimum atomic E-state index is 0.0512. The topological polar surface area (TPSA) is 47.2 Å². The zero-order chi connectivity index (χ0) is 23.8. The Morgan fingerprint density at radius 3 is 1.92 bits per heavy atom. The number of benzene rings is 5. The van der Waals surface area contributed by atoms with Crippen LogP contribution in [0.15, 0.2) is 103 Å². The highest BCUT2D eigenvalue weighted by atomic mass is 16.5. The Labute approximate surface area is 207 Å². The molecule has 1 aromatic heterocycles. The van der Waals surface area contributed by atoms with Crippen LogP contribution in [-0.2, 0) is 0 Å². The van der Waals surface area contributed by atoms with Gasteiger partial charge in [0, 0.05) is 28.4 Å². The molecular formula is C31H17BN2O2. The van der Waals surface area contributed by atoms with E-state index in [1.165, 1.54) is 0 Å². The van der Waals surface area contributed by atoms with E-state index in [2.05, 4.69) is 59.2 Å². The predicted octanol–water partition coefficient (Wildman–Crippen LogP) is 5.38. The molecule has 0 amide bonds. The van der Waals surface area contributed by atoms with Crippen LogP contribution < -0.4 is 25.9 Å². The molecule has 0 spiro atoms. The first-order valence-electron chi connectivity index (χ1n) is 12.0. The van der Waals surface area contributed by atoms with Crippen molar-refractivity contribution >= 4 is 44.9 Å². The molecular weight excluding hydrogens is 443 g/mol. The van der Waals surface area contributed by atoms with Crippen LogP contribution >= 0.6 is 0 Å². The van der Waals surface area contributed by atoms with Gasteiger partial charge in [-0.25, -0.2) is 0 Å². The minimum Gasteiger partial charge on any atom is -0.458 e. The van der Waals surface area contributed by atoms with E-state index in [0.717, 1.165) is 66.9 Å². The maximum absolute atomic E-state index is 9.50. The lowest BCUT2D eigenvalue weighted by Gasteiger charge is -2.33. The Kier molecular flexibility index (Phi) is 3.79. The van der Waals surface area contributed by atoms with Gasteiger partial charge in [0.25, 0.3) is 6.71 Å². The van der Waals surface area contributed by atoms with Crippen molar-refractivity contribution in [3.05, 3.63) is 109 Å². The van der Waals surface area contributed by atoms with Crippen molar-refractivity contribution in [1.82, 2.24) is 4.57 Å². The van der Waals surface area contributed by atoms with Gasteiger partial charge in [-0.1, -0.05) is 54.6 Å². The number of aromatic nitrogens is 1. The first kappa shape index (κ1) is 19.4. The van der Waals surface area contributed by atoms with Gasteiger partial charge in [-0.15, -0.1) is 0 Å². The Morgan fingerprint density at radius 2 is 1.22 bits per heavy atom. The third-order valence-electron chi connectivity index (χ3n) is 7.34. The molecule has 36 heavy (non-hydrogen) atoms. The van der Waals surface area contributed by atoms with Crippen LogP contribution in [0.4, 0.5) is 0 Å². The maximum atomic E-state index is 9.50. The Morgan fingerprint density at radius 1 is 0.611 bits per heavy atom. The number of para-hydroxylation sites is 3. The zero-order valence-corrected chi connectivity index (χ0v) is 19.1. The van der Waals surface area contributed by atoms with Crippen LogP contribution in [0, 0.1) is 11.3 Å². The lowest BCUT2D eigenvalue weighted by Crippen LogP contribution is -2.57. The van der Waals surface area contributed by atoms with E-state index in [0.29, 0.717) is 5.56 Å². The van der Waals surface area contributed by atoms with E-state index in [1.807, 2.05) is 54.6 Å². The van der Waals surface area contributed by atoms with Crippen LogP contribution in [-0.4, -0.2) is 11.3 Å². The van der Waals surface area contributed by atoms with Gasteiger partial charge in [0.15, 0.2) is 0 Å². The molecule has 0 saturated heterocycles. The van der Waals surface area contributed by atoms with Crippen molar-refractivity contribution in [3.8, 4) is 34.8 Å². The molecule has 2 aliphatic heterocycles. The van der Waals surface area contributed by atoms with Crippen LogP contribution in [0.2, 0.25) is 0 Å². The summed E-state index contributed by atoms with van der Waals surface area (Å²) in [5.41, 5.74) is 7.06. The number of nitriles is 1. The van der Waals surface area contributed by atoms with Gasteiger partial charge in [0.1, 0.15) is 23.0 Å². The van der Waals surface area contributed by atoms with E-state index < -0.39 is 0 Å². The summed E-state index contributed by atoms with van der Waals surface area (Å²) in [7, 11) is 0. The first-order valence-corrected chi connectivity index (χ1v) is 12.0. The average Bonchev–Trinajstić information content (AvgIpc) is 3.26. The van der Waals surface area contributed by atoms with Gasteiger partial charge in [0.05, 0.1) is 28.4 Å². The monoisotopic (exact) mass is 460 g/mol.